The molecule has 120 valence electrons. The Morgan fingerprint density at radius 2 is 1.14 bits per heavy atom. The average Bonchev–Trinajstić information content (AvgIpc) is 2.38. The van der Waals surface area contributed by atoms with Crippen molar-refractivity contribution in [3.8, 4) is 0 Å². The van der Waals surface area contributed by atoms with Crippen LogP contribution in [-0.4, -0.2) is 13.0 Å². The SMILES string of the molecule is CCCCCCCCCCCCCC/C=C/S(=O)(=O)[O-].[Na+]. The number of rotatable bonds is 14. The molecule has 0 spiro atoms. The summed E-state index contributed by atoms with van der Waals surface area (Å²) in [5, 5.41) is 0.769. The van der Waals surface area contributed by atoms with Crippen LogP contribution in [0.1, 0.15) is 90.4 Å². The summed E-state index contributed by atoms with van der Waals surface area (Å²) < 4.78 is 30.9. The monoisotopic (exact) mass is 326 g/mol. The predicted molar refractivity (Wildman–Crippen MR) is 84.5 cm³/mol. The molecule has 5 heteroatoms. The maximum absolute atomic E-state index is 10.3. The van der Waals surface area contributed by atoms with Crippen LogP contribution in [-0.2, 0) is 10.1 Å². The van der Waals surface area contributed by atoms with Crippen molar-refractivity contribution in [3.05, 3.63) is 11.5 Å². The van der Waals surface area contributed by atoms with Gasteiger partial charge in [0.05, 0.1) is 0 Å². The fourth-order valence-corrected chi connectivity index (χ4v) is 2.66. The molecule has 0 aliphatic carbocycles. The van der Waals surface area contributed by atoms with E-state index in [0.29, 0.717) is 6.42 Å². The van der Waals surface area contributed by atoms with Crippen molar-refractivity contribution < 1.29 is 42.5 Å². The Hall–Kier alpha value is 0.650. The molecule has 0 aromatic carbocycles. The van der Waals surface area contributed by atoms with E-state index in [-0.39, 0.29) is 29.6 Å². The van der Waals surface area contributed by atoms with Crippen molar-refractivity contribution in [2.45, 2.75) is 90.4 Å². The van der Waals surface area contributed by atoms with Gasteiger partial charge in [-0.05, 0) is 12.8 Å². The Bertz CT molecular complexity index is 326. The minimum atomic E-state index is -4.17. The standard InChI is InChI=1S/C16H32O3S.Na/c1-2-3-4-5-6-7-8-9-10-11-12-13-14-15-16-20(17,18)19;/h15-16H,2-14H2,1H3,(H,17,18,19);/q;+1/p-1/b16-15+;. The summed E-state index contributed by atoms with van der Waals surface area (Å²) in [6.07, 6.45) is 17.7. The van der Waals surface area contributed by atoms with Gasteiger partial charge >= 0.3 is 29.6 Å². The minimum Gasteiger partial charge on any atom is -0.744 e. The summed E-state index contributed by atoms with van der Waals surface area (Å²) in [7, 11) is -4.17. The zero-order valence-corrected chi connectivity index (χ0v) is 16.8. The van der Waals surface area contributed by atoms with Gasteiger partial charge in [0.15, 0.2) is 0 Å². The zero-order chi connectivity index (χ0) is 15.1. The molecule has 21 heavy (non-hydrogen) atoms. The molecule has 3 nitrogen and oxygen atoms in total. The third kappa shape index (κ3) is 23.1. The topological polar surface area (TPSA) is 57.2 Å². The molecule has 0 aliphatic rings. The second-order valence-corrected chi connectivity index (χ2v) is 6.80. The van der Waals surface area contributed by atoms with Crippen LogP contribution in [0.5, 0.6) is 0 Å². The van der Waals surface area contributed by atoms with Crippen LogP contribution in [0.4, 0.5) is 0 Å². The number of hydrogen-bond donors (Lipinski definition) is 0. The van der Waals surface area contributed by atoms with E-state index in [1.165, 1.54) is 70.3 Å². The molecule has 0 saturated heterocycles. The van der Waals surface area contributed by atoms with Gasteiger partial charge in [-0.3, -0.25) is 0 Å². The second-order valence-electron chi connectivity index (χ2n) is 5.54. The number of unbranched alkanes of at least 4 members (excludes halogenated alkanes) is 12. The maximum atomic E-state index is 10.3. The van der Waals surface area contributed by atoms with Gasteiger partial charge < -0.3 is 4.55 Å². The molecular weight excluding hydrogens is 295 g/mol. The molecule has 0 saturated carbocycles. The Morgan fingerprint density at radius 3 is 1.52 bits per heavy atom. The van der Waals surface area contributed by atoms with E-state index in [1.54, 1.807) is 0 Å². The Balaban J connectivity index is 0. The molecule has 0 fully saturated rings. The molecule has 0 rings (SSSR count). The predicted octanol–water partition coefficient (Wildman–Crippen LogP) is 2.14. The largest absolute Gasteiger partial charge is 1.00 e. The fourth-order valence-electron chi connectivity index (χ4n) is 2.29. The van der Waals surface area contributed by atoms with Crippen molar-refractivity contribution in [3.63, 3.8) is 0 Å². The first-order chi connectivity index (χ1) is 9.56. The summed E-state index contributed by atoms with van der Waals surface area (Å²) in [5.74, 6) is 0. The van der Waals surface area contributed by atoms with Gasteiger partial charge in [-0.2, -0.15) is 0 Å². The van der Waals surface area contributed by atoms with Gasteiger partial charge in [-0.15, -0.1) is 0 Å². The zero-order valence-electron chi connectivity index (χ0n) is 14.0. The molecule has 0 aromatic rings. The van der Waals surface area contributed by atoms with Crippen LogP contribution in [0, 0.1) is 0 Å². The summed E-state index contributed by atoms with van der Waals surface area (Å²) in [6, 6.07) is 0. The number of hydrogen-bond acceptors (Lipinski definition) is 3. The summed E-state index contributed by atoms with van der Waals surface area (Å²) in [4.78, 5) is 0. The Kier molecular flexibility index (Phi) is 19.4. The Morgan fingerprint density at radius 1 is 0.762 bits per heavy atom. The van der Waals surface area contributed by atoms with E-state index in [4.69, 9.17) is 0 Å². The van der Waals surface area contributed by atoms with E-state index < -0.39 is 10.1 Å². The fraction of sp³-hybridized carbons (Fsp3) is 0.875. The average molecular weight is 326 g/mol. The second kappa shape index (κ2) is 17.0. The van der Waals surface area contributed by atoms with Gasteiger partial charge in [0.1, 0.15) is 10.1 Å². The van der Waals surface area contributed by atoms with Crippen LogP contribution >= 0.6 is 0 Å². The van der Waals surface area contributed by atoms with Gasteiger partial charge in [0, 0.05) is 5.41 Å². The number of allylic oxidation sites excluding steroid dienone is 1. The van der Waals surface area contributed by atoms with Crippen molar-refractivity contribution in [1.82, 2.24) is 0 Å². The molecule has 0 aromatic heterocycles. The van der Waals surface area contributed by atoms with E-state index in [0.717, 1.165) is 18.2 Å². The van der Waals surface area contributed by atoms with Crippen LogP contribution in [0.2, 0.25) is 0 Å². The van der Waals surface area contributed by atoms with Gasteiger partial charge in [-0.25, -0.2) is 8.42 Å². The molecule has 0 heterocycles. The van der Waals surface area contributed by atoms with Gasteiger partial charge in [0.2, 0.25) is 0 Å². The first kappa shape index (κ1) is 23.9. The molecular formula is C16H31NaO3S. The minimum absolute atomic E-state index is 0. The normalized spacial score (nSPS) is 11.7. The quantitative estimate of drug-likeness (QED) is 0.279. The van der Waals surface area contributed by atoms with Crippen molar-refractivity contribution in [1.29, 1.82) is 0 Å². The van der Waals surface area contributed by atoms with E-state index in [1.807, 2.05) is 0 Å². The van der Waals surface area contributed by atoms with Gasteiger partial charge in [0.25, 0.3) is 0 Å². The first-order valence-corrected chi connectivity index (χ1v) is 9.66. The smallest absolute Gasteiger partial charge is 0.744 e. The molecule has 0 N–H and O–H groups in total. The molecule has 0 bridgehead atoms. The van der Waals surface area contributed by atoms with Crippen LogP contribution in [0.15, 0.2) is 11.5 Å². The van der Waals surface area contributed by atoms with Crippen molar-refractivity contribution in [2.24, 2.45) is 0 Å². The van der Waals surface area contributed by atoms with E-state index in [2.05, 4.69) is 6.92 Å². The first-order valence-electron chi connectivity index (χ1n) is 8.18. The summed E-state index contributed by atoms with van der Waals surface area (Å²) in [6.45, 7) is 2.25. The third-order valence-electron chi connectivity index (χ3n) is 3.49. The third-order valence-corrected chi connectivity index (χ3v) is 4.01. The maximum Gasteiger partial charge on any atom is 1.00 e. The molecule has 0 amide bonds. The van der Waals surface area contributed by atoms with E-state index >= 15 is 0 Å². The van der Waals surface area contributed by atoms with Crippen molar-refractivity contribution >= 4 is 10.1 Å². The molecule has 0 unspecified atom stereocenters. The Labute approximate surface area is 154 Å². The molecule has 0 atom stereocenters. The van der Waals surface area contributed by atoms with Crippen molar-refractivity contribution in [2.75, 3.05) is 0 Å². The summed E-state index contributed by atoms with van der Waals surface area (Å²) in [5.41, 5.74) is 0. The van der Waals surface area contributed by atoms with Crippen LogP contribution in [0.3, 0.4) is 0 Å². The molecule has 0 aliphatic heterocycles. The molecule has 0 radical (unpaired) electrons. The van der Waals surface area contributed by atoms with E-state index in [9.17, 15) is 13.0 Å². The van der Waals surface area contributed by atoms with Crippen LogP contribution in [0.25, 0.3) is 0 Å². The summed E-state index contributed by atoms with van der Waals surface area (Å²) >= 11 is 0. The van der Waals surface area contributed by atoms with Crippen LogP contribution < -0.4 is 29.6 Å². The van der Waals surface area contributed by atoms with Gasteiger partial charge in [-0.1, -0.05) is 83.6 Å².